The predicted molar refractivity (Wildman–Crippen MR) is 74.5 cm³/mol. The van der Waals surface area contributed by atoms with Crippen LogP contribution in [0.2, 0.25) is 0 Å². The van der Waals surface area contributed by atoms with E-state index in [0.717, 1.165) is 12.2 Å². The highest BCUT2D eigenvalue weighted by molar-refractivity contribution is 5.76. The zero-order valence-electron chi connectivity index (χ0n) is 12.1. The van der Waals surface area contributed by atoms with E-state index < -0.39 is 5.97 Å². The van der Waals surface area contributed by atoms with Gasteiger partial charge in [0.1, 0.15) is 11.5 Å². The SMILES string of the molecule is CCCC(CC(=O)O)NC(=O)NC(C)c1ccc(C)o1. The maximum absolute atomic E-state index is 11.8. The van der Waals surface area contributed by atoms with Crippen LogP contribution < -0.4 is 10.6 Å². The molecule has 6 nitrogen and oxygen atoms in total. The number of furan rings is 1. The second-order valence-electron chi connectivity index (χ2n) is 4.87. The van der Waals surface area contributed by atoms with E-state index in [1.54, 1.807) is 6.07 Å². The van der Waals surface area contributed by atoms with Crippen LogP contribution in [0.25, 0.3) is 0 Å². The van der Waals surface area contributed by atoms with Gasteiger partial charge in [-0.05, 0) is 32.4 Å². The zero-order chi connectivity index (χ0) is 15.1. The van der Waals surface area contributed by atoms with E-state index in [1.807, 2.05) is 26.8 Å². The Bertz CT molecular complexity index is 456. The number of carbonyl (C=O) groups excluding carboxylic acids is 1. The molecule has 1 rings (SSSR count). The molecule has 0 aliphatic rings. The molecular weight excluding hydrogens is 260 g/mol. The molecule has 0 aliphatic carbocycles. The zero-order valence-corrected chi connectivity index (χ0v) is 12.1. The summed E-state index contributed by atoms with van der Waals surface area (Å²) in [6.07, 6.45) is 1.37. The van der Waals surface area contributed by atoms with Gasteiger partial charge in [0.05, 0.1) is 12.5 Å². The number of carboxylic acids is 1. The molecule has 0 bridgehead atoms. The van der Waals surface area contributed by atoms with Crippen LogP contribution in [-0.4, -0.2) is 23.1 Å². The molecule has 0 fully saturated rings. The van der Waals surface area contributed by atoms with E-state index >= 15 is 0 Å². The number of urea groups is 1. The molecule has 112 valence electrons. The maximum Gasteiger partial charge on any atom is 0.315 e. The summed E-state index contributed by atoms with van der Waals surface area (Å²) in [5.41, 5.74) is 0. The molecule has 0 radical (unpaired) electrons. The Kier molecular flexibility index (Phi) is 6.09. The van der Waals surface area contributed by atoms with Gasteiger partial charge < -0.3 is 20.2 Å². The molecule has 0 aromatic carbocycles. The monoisotopic (exact) mass is 282 g/mol. The molecule has 1 aromatic heterocycles. The Morgan fingerprint density at radius 1 is 1.35 bits per heavy atom. The van der Waals surface area contributed by atoms with Crippen LogP contribution >= 0.6 is 0 Å². The minimum atomic E-state index is -0.918. The van der Waals surface area contributed by atoms with E-state index in [0.29, 0.717) is 12.2 Å². The summed E-state index contributed by atoms with van der Waals surface area (Å²) in [5.74, 6) is 0.533. The largest absolute Gasteiger partial charge is 0.481 e. The van der Waals surface area contributed by atoms with E-state index in [-0.39, 0.29) is 24.5 Å². The van der Waals surface area contributed by atoms with Crippen molar-refractivity contribution < 1.29 is 19.1 Å². The average molecular weight is 282 g/mol. The predicted octanol–water partition coefficient (Wildman–Crippen LogP) is 2.59. The molecule has 2 amide bonds. The second kappa shape index (κ2) is 7.57. The van der Waals surface area contributed by atoms with Gasteiger partial charge in [-0.3, -0.25) is 4.79 Å². The summed E-state index contributed by atoms with van der Waals surface area (Å²) in [6.45, 7) is 5.59. The number of aryl methyl sites for hydroxylation is 1. The highest BCUT2D eigenvalue weighted by Crippen LogP contribution is 2.15. The third-order valence-corrected chi connectivity index (χ3v) is 2.93. The first kappa shape index (κ1) is 16.1. The van der Waals surface area contributed by atoms with Crippen LogP contribution in [0, 0.1) is 6.92 Å². The van der Waals surface area contributed by atoms with E-state index in [2.05, 4.69) is 10.6 Å². The lowest BCUT2D eigenvalue weighted by atomic mass is 10.1. The Morgan fingerprint density at radius 2 is 2.05 bits per heavy atom. The second-order valence-corrected chi connectivity index (χ2v) is 4.87. The van der Waals surface area contributed by atoms with Crippen LogP contribution in [0.15, 0.2) is 16.5 Å². The van der Waals surface area contributed by atoms with Gasteiger partial charge in [0.2, 0.25) is 0 Å². The molecule has 0 aliphatic heterocycles. The number of hydrogen-bond acceptors (Lipinski definition) is 3. The molecule has 2 unspecified atom stereocenters. The Hall–Kier alpha value is -1.98. The Labute approximate surface area is 118 Å². The molecule has 0 saturated heterocycles. The fourth-order valence-electron chi connectivity index (χ4n) is 1.97. The van der Waals surface area contributed by atoms with Crippen molar-refractivity contribution in [3.8, 4) is 0 Å². The average Bonchev–Trinajstić information content (AvgIpc) is 2.75. The maximum atomic E-state index is 11.8. The van der Waals surface area contributed by atoms with Crippen LogP contribution in [0.4, 0.5) is 4.79 Å². The van der Waals surface area contributed by atoms with Gasteiger partial charge in [0.25, 0.3) is 0 Å². The molecule has 1 heterocycles. The lowest BCUT2D eigenvalue weighted by Gasteiger charge is -2.18. The normalized spacial score (nSPS) is 13.6. The van der Waals surface area contributed by atoms with Crippen molar-refractivity contribution in [3.63, 3.8) is 0 Å². The van der Waals surface area contributed by atoms with Crippen molar-refractivity contribution in [1.29, 1.82) is 0 Å². The first-order chi connectivity index (χ1) is 9.42. The van der Waals surface area contributed by atoms with Crippen LogP contribution in [0.3, 0.4) is 0 Å². The molecule has 20 heavy (non-hydrogen) atoms. The summed E-state index contributed by atoms with van der Waals surface area (Å²) in [4.78, 5) is 22.6. The van der Waals surface area contributed by atoms with Crippen molar-refractivity contribution in [3.05, 3.63) is 23.7 Å². The quantitative estimate of drug-likeness (QED) is 0.716. The summed E-state index contributed by atoms with van der Waals surface area (Å²) in [7, 11) is 0. The highest BCUT2D eigenvalue weighted by atomic mass is 16.4. The highest BCUT2D eigenvalue weighted by Gasteiger charge is 2.17. The fourth-order valence-corrected chi connectivity index (χ4v) is 1.97. The number of carbonyl (C=O) groups is 2. The first-order valence-corrected chi connectivity index (χ1v) is 6.77. The summed E-state index contributed by atoms with van der Waals surface area (Å²) >= 11 is 0. The summed E-state index contributed by atoms with van der Waals surface area (Å²) < 4.78 is 5.43. The van der Waals surface area contributed by atoms with Gasteiger partial charge in [-0.25, -0.2) is 4.79 Å². The standard InChI is InChI=1S/C14H22N2O4/c1-4-5-11(8-13(17)18)16-14(19)15-10(3)12-7-6-9(2)20-12/h6-7,10-11H,4-5,8H2,1-3H3,(H,17,18)(H2,15,16,19). The number of amides is 2. The minimum Gasteiger partial charge on any atom is -0.481 e. The Balaban J connectivity index is 2.50. The minimum absolute atomic E-state index is 0.0739. The number of nitrogens with one attached hydrogen (secondary N) is 2. The number of carboxylic acid groups (broad SMARTS) is 1. The lowest BCUT2D eigenvalue weighted by Crippen LogP contribution is -2.43. The smallest absolute Gasteiger partial charge is 0.315 e. The lowest BCUT2D eigenvalue weighted by molar-refractivity contribution is -0.137. The molecular formula is C14H22N2O4. The van der Waals surface area contributed by atoms with E-state index in [9.17, 15) is 9.59 Å². The molecule has 2 atom stereocenters. The van der Waals surface area contributed by atoms with Crippen LogP contribution in [0.1, 0.15) is 50.7 Å². The fraction of sp³-hybridized carbons (Fsp3) is 0.571. The van der Waals surface area contributed by atoms with Crippen LogP contribution in [0.5, 0.6) is 0 Å². The molecule has 3 N–H and O–H groups in total. The topological polar surface area (TPSA) is 91.6 Å². The molecule has 6 heteroatoms. The van der Waals surface area contributed by atoms with Gasteiger partial charge >= 0.3 is 12.0 Å². The van der Waals surface area contributed by atoms with E-state index in [1.165, 1.54) is 0 Å². The van der Waals surface area contributed by atoms with Gasteiger partial charge in [0, 0.05) is 6.04 Å². The van der Waals surface area contributed by atoms with Gasteiger partial charge in [0.15, 0.2) is 0 Å². The van der Waals surface area contributed by atoms with Gasteiger partial charge in [-0.15, -0.1) is 0 Å². The van der Waals surface area contributed by atoms with Crippen molar-refractivity contribution in [2.75, 3.05) is 0 Å². The number of aliphatic carboxylic acids is 1. The molecule has 0 saturated carbocycles. The van der Waals surface area contributed by atoms with Crippen LogP contribution in [-0.2, 0) is 4.79 Å². The van der Waals surface area contributed by atoms with Crippen molar-refractivity contribution >= 4 is 12.0 Å². The van der Waals surface area contributed by atoms with E-state index in [4.69, 9.17) is 9.52 Å². The summed E-state index contributed by atoms with van der Waals surface area (Å²) in [6, 6.07) is 2.63. The molecule has 0 spiro atoms. The van der Waals surface area contributed by atoms with Crippen molar-refractivity contribution in [2.24, 2.45) is 0 Å². The third kappa shape index (κ3) is 5.34. The number of hydrogen-bond donors (Lipinski definition) is 3. The van der Waals surface area contributed by atoms with Gasteiger partial charge in [-0.2, -0.15) is 0 Å². The third-order valence-electron chi connectivity index (χ3n) is 2.93. The Morgan fingerprint density at radius 3 is 2.55 bits per heavy atom. The van der Waals surface area contributed by atoms with Crippen molar-refractivity contribution in [2.45, 2.75) is 52.1 Å². The summed E-state index contributed by atoms with van der Waals surface area (Å²) in [5, 5.41) is 14.2. The van der Waals surface area contributed by atoms with Crippen molar-refractivity contribution in [1.82, 2.24) is 10.6 Å². The first-order valence-electron chi connectivity index (χ1n) is 6.77. The molecule has 1 aromatic rings. The number of rotatable bonds is 7. The van der Waals surface area contributed by atoms with Gasteiger partial charge in [-0.1, -0.05) is 13.3 Å².